The van der Waals surface area contributed by atoms with Crippen LogP contribution in [0.4, 0.5) is 0 Å². The van der Waals surface area contributed by atoms with Gasteiger partial charge in [-0.1, -0.05) is 311 Å². The largest absolute Gasteiger partial charge is 0.472 e. The fraction of sp³-hybridized carbons (Fsp3) is 0.944. The van der Waals surface area contributed by atoms with Crippen molar-refractivity contribution in [1.82, 2.24) is 0 Å². The molecule has 90 heavy (non-hydrogen) atoms. The Balaban J connectivity index is 5.22. The minimum Gasteiger partial charge on any atom is -0.462 e. The van der Waals surface area contributed by atoms with Crippen LogP contribution in [0.2, 0.25) is 0 Å². The van der Waals surface area contributed by atoms with Crippen LogP contribution in [0.25, 0.3) is 0 Å². The van der Waals surface area contributed by atoms with E-state index in [0.717, 1.165) is 102 Å². The fourth-order valence-corrected chi connectivity index (χ4v) is 12.3. The normalized spacial score (nSPS) is 14.4. The van der Waals surface area contributed by atoms with E-state index in [2.05, 4.69) is 41.5 Å². The van der Waals surface area contributed by atoms with Crippen molar-refractivity contribution in [3.05, 3.63) is 0 Å². The molecule has 0 aliphatic carbocycles. The van der Waals surface area contributed by atoms with Crippen LogP contribution in [0.5, 0.6) is 0 Å². The van der Waals surface area contributed by atoms with Gasteiger partial charge in [0.05, 0.1) is 26.4 Å². The smallest absolute Gasteiger partial charge is 0.462 e. The first-order chi connectivity index (χ1) is 43.4. The van der Waals surface area contributed by atoms with Crippen molar-refractivity contribution >= 4 is 39.5 Å². The van der Waals surface area contributed by atoms with Crippen LogP contribution < -0.4 is 0 Å². The number of ether oxygens (including phenoxy) is 4. The van der Waals surface area contributed by atoms with Gasteiger partial charge in [-0.15, -0.1) is 0 Å². The average molecular weight is 1330 g/mol. The second-order valence-corrected chi connectivity index (χ2v) is 29.3. The lowest BCUT2D eigenvalue weighted by molar-refractivity contribution is -0.161. The number of carbonyl (C=O) groups is 4. The summed E-state index contributed by atoms with van der Waals surface area (Å²) >= 11 is 0. The van der Waals surface area contributed by atoms with E-state index in [1.807, 2.05) is 0 Å². The number of phosphoric acid groups is 2. The summed E-state index contributed by atoms with van der Waals surface area (Å²) in [5, 5.41) is 10.6. The van der Waals surface area contributed by atoms with Gasteiger partial charge in [-0.05, 0) is 37.5 Å². The summed E-state index contributed by atoms with van der Waals surface area (Å²) in [7, 11) is -9.90. The lowest BCUT2D eigenvalue weighted by atomic mass is 9.99. The van der Waals surface area contributed by atoms with Gasteiger partial charge < -0.3 is 33.8 Å². The maximum absolute atomic E-state index is 13.0. The van der Waals surface area contributed by atoms with Crippen LogP contribution in [0.15, 0.2) is 0 Å². The van der Waals surface area contributed by atoms with Crippen LogP contribution in [0.3, 0.4) is 0 Å². The fourth-order valence-electron chi connectivity index (χ4n) is 10.7. The summed E-state index contributed by atoms with van der Waals surface area (Å²) in [6, 6.07) is 0. The third-order valence-electron chi connectivity index (χ3n) is 16.8. The van der Waals surface area contributed by atoms with E-state index >= 15 is 0 Å². The van der Waals surface area contributed by atoms with Crippen LogP contribution in [0, 0.1) is 11.8 Å². The van der Waals surface area contributed by atoms with E-state index in [9.17, 15) is 43.2 Å². The molecular formula is C71H138O17P2. The molecule has 0 aromatic carbocycles. The summed E-state index contributed by atoms with van der Waals surface area (Å²) in [6.45, 7) is 9.58. The van der Waals surface area contributed by atoms with Crippen molar-refractivity contribution in [2.45, 2.75) is 381 Å². The Kier molecular flexibility index (Phi) is 61.8. The highest BCUT2D eigenvalue weighted by atomic mass is 31.2. The van der Waals surface area contributed by atoms with Crippen molar-refractivity contribution < 1.29 is 80.2 Å². The Hall–Kier alpha value is -1.94. The highest BCUT2D eigenvalue weighted by molar-refractivity contribution is 7.47. The molecule has 0 rings (SSSR count). The highest BCUT2D eigenvalue weighted by Crippen LogP contribution is 2.45. The molecule has 0 saturated carbocycles. The topological polar surface area (TPSA) is 237 Å². The van der Waals surface area contributed by atoms with Gasteiger partial charge in [0.1, 0.15) is 19.3 Å². The summed E-state index contributed by atoms with van der Waals surface area (Å²) in [4.78, 5) is 72.5. The zero-order valence-electron chi connectivity index (χ0n) is 58.4. The quantitative estimate of drug-likeness (QED) is 0.0222. The number of aliphatic hydroxyl groups excluding tert-OH is 1. The zero-order chi connectivity index (χ0) is 66.5. The SMILES string of the molecule is CCCCCCCCCCCCC(=O)OC[C@H](COP(=O)(O)OC[C@H](O)COP(=O)(O)OC[C@@H](COC(=O)CCCCCCCCCCCC(C)C)OC(=O)CCCCCCCCCCCCCCCCC(C)CC)OC(=O)CCCCCCCCCCCC. The van der Waals surface area contributed by atoms with Crippen LogP contribution in [0.1, 0.15) is 363 Å². The van der Waals surface area contributed by atoms with Gasteiger partial charge in [0, 0.05) is 25.7 Å². The number of aliphatic hydroxyl groups is 1. The second kappa shape index (κ2) is 63.1. The van der Waals surface area contributed by atoms with Crippen molar-refractivity contribution in [2.75, 3.05) is 39.6 Å². The van der Waals surface area contributed by atoms with E-state index in [1.165, 1.54) is 180 Å². The van der Waals surface area contributed by atoms with Gasteiger partial charge >= 0.3 is 39.5 Å². The van der Waals surface area contributed by atoms with Gasteiger partial charge in [0.15, 0.2) is 12.2 Å². The Labute approximate surface area is 549 Å². The van der Waals surface area contributed by atoms with Crippen LogP contribution in [-0.2, 0) is 65.4 Å². The maximum Gasteiger partial charge on any atom is 0.472 e. The molecule has 0 fully saturated rings. The number of hydrogen-bond donors (Lipinski definition) is 3. The molecule has 0 aromatic heterocycles. The maximum atomic E-state index is 13.0. The predicted molar refractivity (Wildman–Crippen MR) is 363 cm³/mol. The first-order valence-electron chi connectivity index (χ1n) is 37.0. The molecule has 0 bridgehead atoms. The molecule has 3 unspecified atom stereocenters. The van der Waals surface area contributed by atoms with E-state index in [0.29, 0.717) is 25.7 Å². The second-order valence-electron chi connectivity index (χ2n) is 26.3. The number of unbranched alkanes of at least 4 members (excludes halogenated alkanes) is 39. The summed E-state index contributed by atoms with van der Waals surface area (Å²) in [6.07, 6.45) is 48.4. The molecule has 0 aliphatic heterocycles. The number of hydrogen-bond acceptors (Lipinski definition) is 15. The molecule has 19 heteroatoms. The van der Waals surface area contributed by atoms with Crippen molar-refractivity contribution in [3.8, 4) is 0 Å². The molecule has 0 saturated heterocycles. The molecule has 0 radical (unpaired) electrons. The number of rotatable bonds is 70. The molecule has 0 spiro atoms. The summed E-state index contributed by atoms with van der Waals surface area (Å²) in [5.74, 6) is -0.533. The van der Waals surface area contributed by atoms with Gasteiger partial charge in [0.25, 0.3) is 0 Å². The van der Waals surface area contributed by atoms with Crippen molar-refractivity contribution in [1.29, 1.82) is 0 Å². The monoisotopic (exact) mass is 1320 g/mol. The van der Waals surface area contributed by atoms with E-state index in [4.69, 9.17) is 37.0 Å². The third-order valence-corrected chi connectivity index (χ3v) is 18.7. The summed E-state index contributed by atoms with van der Waals surface area (Å²) in [5.41, 5.74) is 0. The van der Waals surface area contributed by atoms with Gasteiger partial charge in [-0.25, -0.2) is 9.13 Å². The van der Waals surface area contributed by atoms with Gasteiger partial charge in [-0.3, -0.25) is 37.3 Å². The van der Waals surface area contributed by atoms with E-state index in [1.54, 1.807) is 0 Å². The first kappa shape index (κ1) is 88.1. The molecule has 17 nitrogen and oxygen atoms in total. The third kappa shape index (κ3) is 63.5. The minimum atomic E-state index is -4.95. The molecule has 0 aromatic rings. The van der Waals surface area contributed by atoms with E-state index < -0.39 is 97.5 Å². The number of phosphoric ester groups is 2. The standard InChI is InChI=1S/C71H138O17P2/c1-7-10-12-14-16-18-29-35-41-47-53-68(73)81-59-66(87-70(75)55-49-43-37-30-19-17-15-13-11-8-2)61-85-89(77,78)83-57-65(72)58-84-90(79,80)86-62-67(60-82-69(74)54-48-42-36-32-26-27-33-39-45-51-63(4)5)88-71(76)56-50-44-38-31-25-23-21-20-22-24-28-34-40-46-52-64(6)9-3/h63-67,72H,7-62H2,1-6H3,(H,77,78)(H,79,80)/t64?,65-,66+,67+/m0/s1. The molecule has 0 heterocycles. The predicted octanol–water partition coefficient (Wildman–Crippen LogP) is 20.4. The molecular weight excluding hydrogens is 1190 g/mol. The average Bonchev–Trinajstić information content (AvgIpc) is 3.72. The highest BCUT2D eigenvalue weighted by Gasteiger charge is 2.30. The van der Waals surface area contributed by atoms with Crippen LogP contribution >= 0.6 is 15.6 Å². The Morgan fingerprint density at radius 2 is 0.567 bits per heavy atom. The molecule has 6 atom stereocenters. The van der Waals surface area contributed by atoms with Crippen LogP contribution in [-0.4, -0.2) is 96.7 Å². The Morgan fingerprint density at radius 3 is 0.844 bits per heavy atom. The lowest BCUT2D eigenvalue weighted by Gasteiger charge is -2.21. The first-order valence-corrected chi connectivity index (χ1v) is 40.0. The molecule has 0 amide bonds. The molecule has 3 N–H and O–H groups in total. The van der Waals surface area contributed by atoms with Gasteiger partial charge in [0.2, 0.25) is 0 Å². The Morgan fingerprint density at radius 1 is 0.322 bits per heavy atom. The number of esters is 4. The van der Waals surface area contributed by atoms with Gasteiger partial charge in [-0.2, -0.15) is 0 Å². The molecule has 0 aliphatic rings. The van der Waals surface area contributed by atoms with Crippen molar-refractivity contribution in [3.63, 3.8) is 0 Å². The van der Waals surface area contributed by atoms with E-state index in [-0.39, 0.29) is 25.7 Å². The lowest BCUT2D eigenvalue weighted by Crippen LogP contribution is -2.30. The zero-order valence-corrected chi connectivity index (χ0v) is 60.2. The summed E-state index contributed by atoms with van der Waals surface area (Å²) < 4.78 is 68.3. The minimum absolute atomic E-state index is 0.106. The van der Waals surface area contributed by atoms with Crippen molar-refractivity contribution in [2.24, 2.45) is 11.8 Å². The number of carbonyl (C=O) groups excluding carboxylic acids is 4. The molecule has 534 valence electrons. The Bertz CT molecular complexity index is 1750.